The van der Waals surface area contributed by atoms with Gasteiger partial charge in [-0.2, -0.15) is 0 Å². The molecule has 1 aromatic heterocycles. The number of hydrogen-bond acceptors (Lipinski definition) is 4. The van der Waals surface area contributed by atoms with Gasteiger partial charge in [0.2, 0.25) is 5.76 Å². The number of nitrogens with one attached hydrogen (secondary N) is 1. The van der Waals surface area contributed by atoms with Gasteiger partial charge in [-0.25, -0.2) is 4.79 Å². The summed E-state index contributed by atoms with van der Waals surface area (Å²) in [5, 5.41) is 3.68. The van der Waals surface area contributed by atoms with E-state index in [9.17, 15) is 9.59 Å². The number of carbonyl (C=O) groups excluding carboxylic acids is 2. The van der Waals surface area contributed by atoms with E-state index in [1.807, 2.05) is 50.2 Å². The van der Waals surface area contributed by atoms with Crippen molar-refractivity contribution in [2.75, 3.05) is 5.32 Å². The summed E-state index contributed by atoms with van der Waals surface area (Å²) in [6.07, 6.45) is -0.950. The number of aryl methyl sites for hydroxylation is 3. The predicted octanol–water partition coefficient (Wildman–Crippen LogP) is 4.54. The van der Waals surface area contributed by atoms with Gasteiger partial charge in [0.1, 0.15) is 5.58 Å². The van der Waals surface area contributed by atoms with Gasteiger partial charge in [0.25, 0.3) is 5.91 Å². The molecule has 1 atom stereocenters. The van der Waals surface area contributed by atoms with Crippen LogP contribution in [0.4, 0.5) is 5.69 Å². The number of ether oxygens (including phenoxy) is 1. The lowest BCUT2D eigenvalue weighted by Crippen LogP contribution is -2.30. The fourth-order valence-corrected chi connectivity index (χ4v) is 2.87. The van der Waals surface area contributed by atoms with Crippen LogP contribution in [-0.2, 0) is 9.53 Å². The number of esters is 1. The highest BCUT2D eigenvalue weighted by Gasteiger charge is 2.24. The summed E-state index contributed by atoms with van der Waals surface area (Å²) in [5.41, 5.74) is 3.95. The van der Waals surface area contributed by atoms with Gasteiger partial charge in [-0.3, -0.25) is 4.79 Å². The lowest BCUT2D eigenvalue weighted by molar-refractivity contribution is -0.123. The molecule has 3 aromatic rings. The van der Waals surface area contributed by atoms with Gasteiger partial charge in [-0.1, -0.05) is 36.4 Å². The molecule has 0 aliphatic heterocycles. The van der Waals surface area contributed by atoms with Crippen molar-refractivity contribution in [3.63, 3.8) is 0 Å². The van der Waals surface area contributed by atoms with Crippen LogP contribution in [0.25, 0.3) is 11.0 Å². The molecule has 2 aromatic carbocycles. The molecule has 3 rings (SSSR count). The van der Waals surface area contributed by atoms with Crippen LogP contribution >= 0.6 is 0 Å². The summed E-state index contributed by atoms with van der Waals surface area (Å²) < 4.78 is 10.9. The molecule has 0 bridgehead atoms. The SMILES string of the molecule is Cc1cccc(C)c1NC(=O)[C@@H](C)OC(=O)c1oc2ccccc2c1C. The van der Waals surface area contributed by atoms with Crippen LogP contribution in [0.15, 0.2) is 46.9 Å². The largest absolute Gasteiger partial charge is 0.449 e. The van der Waals surface area contributed by atoms with Crippen LogP contribution in [0.3, 0.4) is 0 Å². The smallest absolute Gasteiger partial charge is 0.375 e. The summed E-state index contributed by atoms with van der Waals surface area (Å²) in [6.45, 7) is 7.16. The molecule has 0 saturated heterocycles. The fraction of sp³-hybridized carbons (Fsp3) is 0.238. The third kappa shape index (κ3) is 3.33. The molecular weight excluding hydrogens is 330 g/mol. The van der Waals surface area contributed by atoms with Gasteiger partial charge < -0.3 is 14.5 Å². The Morgan fingerprint density at radius 2 is 1.65 bits per heavy atom. The summed E-state index contributed by atoms with van der Waals surface area (Å²) in [4.78, 5) is 24.9. The minimum Gasteiger partial charge on any atom is -0.449 e. The van der Waals surface area contributed by atoms with E-state index in [0.717, 1.165) is 22.2 Å². The number of anilines is 1. The first kappa shape index (κ1) is 17.7. The second-order valence-electron chi connectivity index (χ2n) is 6.36. The molecule has 0 saturated carbocycles. The highest BCUT2D eigenvalue weighted by Crippen LogP contribution is 2.26. The zero-order valence-electron chi connectivity index (χ0n) is 15.3. The lowest BCUT2D eigenvalue weighted by Gasteiger charge is -2.15. The third-order valence-electron chi connectivity index (χ3n) is 4.41. The minimum absolute atomic E-state index is 0.123. The Labute approximate surface area is 152 Å². The number of hydrogen-bond donors (Lipinski definition) is 1. The van der Waals surface area contributed by atoms with Crippen molar-refractivity contribution in [1.29, 1.82) is 0 Å². The van der Waals surface area contributed by atoms with Crippen molar-refractivity contribution in [1.82, 2.24) is 0 Å². The number of amides is 1. The number of fused-ring (bicyclic) bond motifs is 1. The first-order valence-corrected chi connectivity index (χ1v) is 8.44. The molecule has 0 radical (unpaired) electrons. The van der Waals surface area contributed by atoms with E-state index in [4.69, 9.17) is 9.15 Å². The van der Waals surface area contributed by atoms with Crippen LogP contribution in [0.5, 0.6) is 0 Å². The van der Waals surface area contributed by atoms with E-state index in [1.54, 1.807) is 19.9 Å². The van der Waals surface area contributed by atoms with E-state index < -0.39 is 12.1 Å². The molecule has 1 amide bonds. The summed E-state index contributed by atoms with van der Waals surface area (Å²) in [6, 6.07) is 13.1. The zero-order chi connectivity index (χ0) is 18.8. The van der Waals surface area contributed by atoms with Crippen molar-refractivity contribution >= 4 is 28.5 Å². The Morgan fingerprint density at radius 1 is 1.00 bits per heavy atom. The molecule has 5 nitrogen and oxygen atoms in total. The Bertz CT molecular complexity index is 967. The normalized spacial score (nSPS) is 12.0. The first-order valence-electron chi connectivity index (χ1n) is 8.44. The molecule has 0 spiro atoms. The molecule has 26 heavy (non-hydrogen) atoms. The summed E-state index contributed by atoms with van der Waals surface area (Å²) in [7, 11) is 0. The van der Waals surface area contributed by atoms with Gasteiger partial charge in [0.05, 0.1) is 0 Å². The maximum absolute atomic E-state index is 12.4. The van der Waals surface area contributed by atoms with E-state index >= 15 is 0 Å². The van der Waals surface area contributed by atoms with Crippen molar-refractivity contribution in [2.24, 2.45) is 0 Å². The molecule has 1 heterocycles. The van der Waals surface area contributed by atoms with Crippen molar-refractivity contribution < 1.29 is 18.7 Å². The molecular formula is C21H21NO4. The molecule has 134 valence electrons. The van der Waals surface area contributed by atoms with Crippen molar-refractivity contribution in [3.8, 4) is 0 Å². The lowest BCUT2D eigenvalue weighted by atomic mass is 10.1. The number of carbonyl (C=O) groups is 2. The van der Waals surface area contributed by atoms with Crippen LogP contribution in [0.1, 0.15) is 34.2 Å². The highest BCUT2D eigenvalue weighted by molar-refractivity contribution is 5.99. The van der Waals surface area contributed by atoms with Crippen molar-refractivity contribution in [2.45, 2.75) is 33.8 Å². The number of furan rings is 1. The Morgan fingerprint density at radius 3 is 2.31 bits per heavy atom. The van der Waals surface area contributed by atoms with E-state index in [-0.39, 0.29) is 11.7 Å². The van der Waals surface area contributed by atoms with Gasteiger partial charge >= 0.3 is 5.97 Å². The van der Waals surface area contributed by atoms with Crippen LogP contribution in [-0.4, -0.2) is 18.0 Å². The van der Waals surface area contributed by atoms with Crippen LogP contribution in [0, 0.1) is 20.8 Å². The number of benzene rings is 2. The molecule has 0 aliphatic carbocycles. The maximum atomic E-state index is 12.4. The zero-order valence-corrected chi connectivity index (χ0v) is 15.3. The maximum Gasteiger partial charge on any atom is 0.375 e. The Balaban J connectivity index is 1.74. The van der Waals surface area contributed by atoms with E-state index in [0.29, 0.717) is 11.1 Å². The minimum atomic E-state index is -0.950. The quantitative estimate of drug-likeness (QED) is 0.701. The van der Waals surface area contributed by atoms with Gasteiger partial charge in [0, 0.05) is 16.6 Å². The molecule has 0 unspecified atom stereocenters. The van der Waals surface area contributed by atoms with Gasteiger partial charge in [-0.05, 0) is 44.9 Å². The Hall–Kier alpha value is -3.08. The average molecular weight is 351 g/mol. The van der Waals surface area contributed by atoms with Crippen molar-refractivity contribution in [3.05, 3.63) is 64.9 Å². The average Bonchev–Trinajstić information content (AvgIpc) is 2.95. The monoisotopic (exact) mass is 351 g/mol. The van der Waals surface area contributed by atoms with Gasteiger partial charge in [0.15, 0.2) is 6.10 Å². The summed E-state index contributed by atoms with van der Waals surface area (Å²) >= 11 is 0. The topological polar surface area (TPSA) is 68.5 Å². The van der Waals surface area contributed by atoms with Crippen LogP contribution in [0.2, 0.25) is 0 Å². The second kappa shape index (κ2) is 7.04. The highest BCUT2D eigenvalue weighted by atomic mass is 16.6. The number of rotatable bonds is 4. The molecule has 5 heteroatoms. The summed E-state index contributed by atoms with van der Waals surface area (Å²) in [5.74, 6) is -0.912. The molecule has 0 fully saturated rings. The molecule has 0 aliphatic rings. The Kier molecular flexibility index (Phi) is 4.80. The first-order chi connectivity index (χ1) is 12.4. The third-order valence-corrected chi connectivity index (χ3v) is 4.41. The standard InChI is InChI=1S/C21H21NO4/c1-12-8-7-9-13(2)18(12)22-20(23)15(4)25-21(24)19-14(3)16-10-5-6-11-17(16)26-19/h5-11,15H,1-4H3,(H,22,23)/t15-/m1/s1. The van der Waals surface area contributed by atoms with Crippen LogP contribution < -0.4 is 5.32 Å². The number of para-hydroxylation sites is 2. The fourth-order valence-electron chi connectivity index (χ4n) is 2.87. The van der Waals surface area contributed by atoms with Gasteiger partial charge in [-0.15, -0.1) is 0 Å². The molecule has 1 N–H and O–H groups in total. The van der Waals surface area contributed by atoms with E-state index in [1.165, 1.54) is 0 Å². The predicted molar refractivity (Wildman–Crippen MR) is 100 cm³/mol. The second-order valence-corrected chi connectivity index (χ2v) is 6.36. The van der Waals surface area contributed by atoms with E-state index in [2.05, 4.69) is 5.32 Å².